The van der Waals surface area contributed by atoms with Crippen molar-refractivity contribution in [1.29, 1.82) is 0 Å². The van der Waals surface area contributed by atoms with E-state index in [1.54, 1.807) is 25.2 Å². The van der Waals surface area contributed by atoms with Crippen LogP contribution in [0.1, 0.15) is 32.7 Å². The molecular weight excluding hydrogens is 381 g/mol. The van der Waals surface area contributed by atoms with Crippen LogP contribution in [0.2, 0.25) is 0 Å². The molecular formula is C24H22FN3O2. The highest BCUT2D eigenvalue weighted by atomic mass is 19.1. The molecule has 0 spiro atoms. The van der Waals surface area contributed by atoms with E-state index >= 15 is 0 Å². The Kier molecular flexibility index (Phi) is 5.23. The second-order valence-electron chi connectivity index (χ2n) is 7.54. The van der Waals surface area contributed by atoms with Crippen LogP contribution >= 0.6 is 0 Å². The third-order valence-electron chi connectivity index (χ3n) is 5.12. The summed E-state index contributed by atoms with van der Waals surface area (Å²) in [5, 5.41) is 18.5. The van der Waals surface area contributed by atoms with Crippen LogP contribution in [0.25, 0.3) is 10.9 Å². The summed E-state index contributed by atoms with van der Waals surface area (Å²) in [7, 11) is 1.65. The number of aromatic nitrogens is 2. The maximum absolute atomic E-state index is 13.1. The summed E-state index contributed by atoms with van der Waals surface area (Å²) in [6.45, 7) is 2.35. The van der Waals surface area contributed by atoms with Crippen LogP contribution in [0.5, 0.6) is 5.75 Å². The van der Waals surface area contributed by atoms with Crippen LogP contribution in [-0.4, -0.2) is 33.2 Å². The number of aromatic amines is 1. The van der Waals surface area contributed by atoms with Crippen molar-refractivity contribution in [2.75, 3.05) is 7.05 Å². The summed E-state index contributed by atoms with van der Waals surface area (Å²) in [5.41, 5.74) is 4.80. The zero-order valence-electron chi connectivity index (χ0n) is 16.8. The van der Waals surface area contributed by atoms with Gasteiger partial charge in [-0.25, -0.2) is 4.39 Å². The Morgan fingerprint density at radius 2 is 1.87 bits per heavy atom. The SMILES string of the molecule is Cc1cccc(Cc2[nH]nc3cc(O)c(C(=O)N(C)Cc4ccc(F)cc4)cc23)c1. The largest absolute Gasteiger partial charge is 0.507 e. The predicted octanol–water partition coefficient (Wildman–Crippen LogP) is 4.58. The first-order valence-electron chi connectivity index (χ1n) is 9.66. The fourth-order valence-electron chi connectivity index (χ4n) is 3.57. The Labute approximate surface area is 173 Å². The monoisotopic (exact) mass is 403 g/mol. The Hall–Kier alpha value is -3.67. The van der Waals surface area contributed by atoms with Gasteiger partial charge >= 0.3 is 0 Å². The lowest BCUT2D eigenvalue weighted by atomic mass is 10.0. The van der Waals surface area contributed by atoms with Crippen LogP contribution < -0.4 is 0 Å². The number of aryl methyl sites for hydroxylation is 1. The molecule has 2 N–H and O–H groups in total. The van der Waals surface area contributed by atoms with Gasteiger partial charge in [0.05, 0.1) is 11.1 Å². The molecule has 1 amide bonds. The van der Waals surface area contributed by atoms with Gasteiger partial charge in [-0.15, -0.1) is 0 Å². The van der Waals surface area contributed by atoms with E-state index < -0.39 is 0 Å². The predicted molar refractivity (Wildman–Crippen MR) is 114 cm³/mol. The third kappa shape index (κ3) is 4.03. The van der Waals surface area contributed by atoms with Crippen molar-refractivity contribution >= 4 is 16.8 Å². The molecule has 0 aliphatic rings. The minimum absolute atomic E-state index is 0.118. The molecule has 0 aliphatic carbocycles. The molecule has 0 saturated carbocycles. The normalized spacial score (nSPS) is 11.0. The van der Waals surface area contributed by atoms with Gasteiger partial charge in [0.2, 0.25) is 0 Å². The molecule has 0 unspecified atom stereocenters. The van der Waals surface area contributed by atoms with Gasteiger partial charge in [-0.05, 0) is 36.2 Å². The van der Waals surface area contributed by atoms with Gasteiger partial charge in [0.15, 0.2) is 0 Å². The van der Waals surface area contributed by atoms with Crippen molar-refractivity contribution in [3.8, 4) is 5.75 Å². The van der Waals surface area contributed by atoms with E-state index in [-0.39, 0.29) is 23.0 Å². The van der Waals surface area contributed by atoms with Gasteiger partial charge in [0.1, 0.15) is 11.6 Å². The van der Waals surface area contributed by atoms with E-state index in [4.69, 9.17) is 0 Å². The van der Waals surface area contributed by atoms with Gasteiger partial charge in [0.25, 0.3) is 5.91 Å². The Bertz CT molecular complexity index is 1220. The zero-order chi connectivity index (χ0) is 21.3. The van der Waals surface area contributed by atoms with E-state index in [0.29, 0.717) is 18.5 Å². The van der Waals surface area contributed by atoms with Gasteiger partial charge in [-0.2, -0.15) is 5.10 Å². The highest BCUT2D eigenvalue weighted by Gasteiger charge is 2.19. The van der Waals surface area contributed by atoms with Crippen molar-refractivity contribution in [3.05, 3.63) is 94.4 Å². The molecule has 4 aromatic rings. The van der Waals surface area contributed by atoms with Crippen LogP contribution in [0.4, 0.5) is 4.39 Å². The maximum atomic E-state index is 13.1. The number of phenolic OH excluding ortho intramolecular Hbond substituents is 1. The molecule has 0 radical (unpaired) electrons. The van der Waals surface area contributed by atoms with Crippen LogP contribution in [0.3, 0.4) is 0 Å². The number of phenols is 1. The summed E-state index contributed by atoms with van der Waals surface area (Å²) in [6.07, 6.45) is 0.641. The lowest BCUT2D eigenvalue weighted by Gasteiger charge is -2.18. The first-order valence-corrected chi connectivity index (χ1v) is 9.66. The van der Waals surface area contributed by atoms with E-state index in [1.807, 2.05) is 25.1 Å². The average molecular weight is 403 g/mol. The molecule has 0 saturated heterocycles. The summed E-state index contributed by atoms with van der Waals surface area (Å²) >= 11 is 0. The molecule has 0 fully saturated rings. The molecule has 30 heavy (non-hydrogen) atoms. The Balaban J connectivity index is 1.62. The van der Waals surface area contributed by atoms with E-state index in [2.05, 4.69) is 16.3 Å². The number of hydrogen-bond donors (Lipinski definition) is 2. The number of carbonyl (C=O) groups is 1. The van der Waals surface area contributed by atoms with E-state index in [1.165, 1.54) is 28.7 Å². The molecule has 1 heterocycles. The average Bonchev–Trinajstić information content (AvgIpc) is 3.10. The van der Waals surface area contributed by atoms with Crippen LogP contribution in [0.15, 0.2) is 60.7 Å². The lowest BCUT2D eigenvalue weighted by molar-refractivity contribution is 0.0782. The maximum Gasteiger partial charge on any atom is 0.257 e. The van der Waals surface area contributed by atoms with Gasteiger partial charge < -0.3 is 10.0 Å². The number of hydrogen-bond acceptors (Lipinski definition) is 3. The summed E-state index contributed by atoms with van der Waals surface area (Å²) in [6, 6.07) is 17.4. The highest BCUT2D eigenvalue weighted by molar-refractivity contribution is 6.01. The van der Waals surface area contributed by atoms with Gasteiger partial charge in [-0.1, -0.05) is 42.0 Å². The van der Waals surface area contributed by atoms with Crippen LogP contribution in [-0.2, 0) is 13.0 Å². The van der Waals surface area contributed by atoms with Crippen LogP contribution in [0, 0.1) is 12.7 Å². The summed E-state index contributed by atoms with van der Waals surface area (Å²) in [5.74, 6) is -0.759. The molecule has 6 heteroatoms. The van der Waals surface area contributed by atoms with Crippen molar-refractivity contribution in [1.82, 2.24) is 15.1 Å². The number of amides is 1. The zero-order valence-corrected chi connectivity index (χ0v) is 16.8. The number of H-pyrrole nitrogens is 1. The lowest BCUT2D eigenvalue weighted by Crippen LogP contribution is -2.26. The molecule has 3 aromatic carbocycles. The minimum atomic E-state index is -0.322. The van der Waals surface area contributed by atoms with Gasteiger partial charge in [-0.3, -0.25) is 9.89 Å². The number of aromatic hydroxyl groups is 1. The quantitative estimate of drug-likeness (QED) is 0.513. The van der Waals surface area contributed by atoms with Crippen molar-refractivity contribution in [2.24, 2.45) is 0 Å². The number of halogens is 1. The highest BCUT2D eigenvalue weighted by Crippen LogP contribution is 2.28. The van der Waals surface area contributed by atoms with Crippen molar-refractivity contribution in [2.45, 2.75) is 19.9 Å². The topological polar surface area (TPSA) is 69.2 Å². The first-order chi connectivity index (χ1) is 14.4. The number of carbonyl (C=O) groups excluding carboxylic acids is 1. The number of nitrogens with one attached hydrogen (secondary N) is 1. The molecule has 5 nitrogen and oxygen atoms in total. The van der Waals surface area contributed by atoms with E-state index in [0.717, 1.165) is 22.2 Å². The third-order valence-corrected chi connectivity index (χ3v) is 5.12. The fraction of sp³-hybridized carbons (Fsp3) is 0.167. The standard InChI is InChI=1S/C24H22FN3O2/c1-15-4-3-5-17(10-15)11-21-19-12-20(23(29)13-22(19)27-26-21)24(30)28(2)14-16-6-8-18(25)9-7-16/h3-10,12-13,29H,11,14H2,1-2H3,(H,26,27). The second-order valence-corrected chi connectivity index (χ2v) is 7.54. The number of benzene rings is 3. The number of fused-ring (bicyclic) bond motifs is 1. The molecule has 1 aromatic heterocycles. The Morgan fingerprint density at radius 1 is 1.10 bits per heavy atom. The van der Waals surface area contributed by atoms with Crippen molar-refractivity contribution < 1.29 is 14.3 Å². The molecule has 152 valence electrons. The van der Waals surface area contributed by atoms with Crippen molar-refractivity contribution in [3.63, 3.8) is 0 Å². The Morgan fingerprint density at radius 3 is 2.60 bits per heavy atom. The fourth-order valence-corrected chi connectivity index (χ4v) is 3.57. The summed E-state index contributed by atoms with van der Waals surface area (Å²) in [4.78, 5) is 14.5. The molecule has 0 atom stereocenters. The number of nitrogens with zero attached hydrogens (tertiary/aromatic N) is 2. The number of rotatable bonds is 5. The van der Waals surface area contributed by atoms with Gasteiger partial charge in [0, 0.05) is 37.2 Å². The van der Waals surface area contributed by atoms with E-state index in [9.17, 15) is 14.3 Å². The summed E-state index contributed by atoms with van der Waals surface area (Å²) < 4.78 is 13.1. The minimum Gasteiger partial charge on any atom is -0.507 e. The first kappa shape index (κ1) is 19.6. The smallest absolute Gasteiger partial charge is 0.257 e. The molecule has 0 bridgehead atoms. The molecule has 0 aliphatic heterocycles. The second kappa shape index (κ2) is 7.99. The molecule has 4 rings (SSSR count).